The van der Waals surface area contributed by atoms with Gasteiger partial charge in [0.2, 0.25) is 0 Å². The molecule has 4 heteroatoms. The highest BCUT2D eigenvalue weighted by molar-refractivity contribution is 5.70. The average molecular weight is 260 g/mol. The molecule has 2 aliphatic rings. The first kappa shape index (κ1) is 12.5. The maximum Gasteiger partial charge on any atom is 0.292 e. The fraction of sp³-hybridized carbons (Fsp3) is 0.600. The maximum atomic E-state index is 11.1. The topological polar surface area (TPSA) is 55.2 Å². The van der Waals surface area contributed by atoms with E-state index < -0.39 is 0 Å². The van der Waals surface area contributed by atoms with Crippen LogP contribution >= 0.6 is 0 Å². The molecule has 0 aromatic heterocycles. The fourth-order valence-corrected chi connectivity index (χ4v) is 3.84. The van der Waals surface area contributed by atoms with E-state index >= 15 is 0 Å². The monoisotopic (exact) mass is 260 g/mol. The summed E-state index contributed by atoms with van der Waals surface area (Å²) in [5.41, 5.74) is 2.42. The molecule has 0 saturated heterocycles. The van der Waals surface area contributed by atoms with Crippen LogP contribution in [-0.4, -0.2) is 11.5 Å². The highest BCUT2D eigenvalue weighted by atomic mass is 16.6. The van der Waals surface area contributed by atoms with Gasteiger partial charge in [0.05, 0.1) is 4.92 Å². The number of hydrogen-bond donors (Lipinski definition) is 1. The van der Waals surface area contributed by atoms with Crippen molar-refractivity contribution in [2.75, 3.05) is 11.9 Å². The van der Waals surface area contributed by atoms with Gasteiger partial charge in [0.1, 0.15) is 5.69 Å². The summed E-state index contributed by atoms with van der Waals surface area (Å²) in [6, 6.07) is 5.48. The van der Waals surface area contributed by atoms with Crippen molar-refractivity contribution in [1.82, 2.24) is 0 Å². The third-order valence-corrected chi connectivity index (χ3v) is 4.97. The Labute approximate surface area is 113 Å². The molecule has 1 saturated carbocycles. The van der Waals surface area contributed by atoms with Crippen LogP contribution in [0.3, 0.4) is 0 Å². The minimum atomic E-state index is -0.280. The Bertz CT molecular complexity index is 507. The second kappa shape index (κ2) is 4.51. The second-order valence-electron chi connectivity index (χ2n) is 6.15. The van der Waals surface area contributed by atoms with Crippen molar-refractivity contribution in [1.29, 1.82) is 0 Å². The van der Waals surface area contributed by atoms with E-state index in [4.69, 9.17) is 0 Å². The summed E-state index contributed by atoms with van der Waals surface area (Å²) in [5, 5.41) is 14.4. The fourth-order valence-electron chi connectivity index (χ4n) is 3.84. The highest BCUT2D eigenvalue weighted by Gasteiger charge is 2.41. The average Bonchev–Trinajstić information content (AvgIpc) is 2.83. The zero-order chi connectivity index (χ0) is 13.5. The van der Waals surface area contributed by atoms with Crippen LogP contribution in [0.1, 0.15) is 50.5 Å². The lowest BCUT2D eigenvalue weighted by atomic mass is 9.65. The lowest BCUT2D eigenvalue weighted by Crippen LogP contribution is -2.29. The number of para-hydroxylation sites is 1. The Hall–Kier alpha value is -1.58. The van der Waals surface area contributed by atoms with Gasteiger partial charge < -0.3 is 5.32 Å². The van der Waals surface area contributed by atoms with Gasteiger partial charge in [0.25, 0.3) is 5.69 Å². The van der Waals surface area contributed by atoms with Crippen molar-refractivity contribution < 1.29 is 4.92 Å². The third kappa shape index (κ3) is 1.99. The maximum absolute atomic E-state index is 11.1. The van der Waals surface area contributed by atoms with Gasteiger partial charge in [0, 0.05) is 18.5 Å². The Morgan fingerprint density at radius 2 is 2.05 bits per heavy atom. The zero-order valence-corrected chi connectivity index (χ0v) is 11.3. The van der Waals surface area contributed by atoms with Gasteiger partial charge in [-0.2, -0.15) is 0 Å². The molecule has 1 aliphatic heterocycles. The Morgan fingerprint density at radius 3 is 2.74 bits per heavy atom. The standard InChI is InChI=1S/C15H20N2O2/c1-15(8-3-2-4-9-15)12-10-16-14-11(12)6-5-7-13(14)17(18)19/h5-7,12,16H,2-4,8-10H2,1H3. The molecule has 0 radical (unpaired) electrons. The summed E-state index contributed by atoms with van der Waals surface area (Å²) in [4.78, 5) is 10.8. The van der Waals surface area contributed by atoms with E-state index in [1.165, 1.54) is 32.1 Å². The van der Waals surface area contributed by atoms with E-state index in [-0.39, 0.29) is 10.6 Å². The van der Waals surface area contributed by atoms with Gasteiger partial charge in [-0.05, 0) is 23.8 Å². The number of nitrogens with one attached hydrogen (secondary N) is 1. The number of nitrogens with zero attached hydrogens (tertiary/aromatic N) is 1. The summed E-state index contributed by atoms with van der Waals surface area (Å²) in [6.07, 6.45) is 6.38. The first-order valence-corrected chi connectivity index (χ1v) is 7.13. The molecule has 1 aromatic rings. The van der Waals surface area contributed by atoms with Crippen LogP contribution in [0.2, 0.25) is 0 Å². The third-order valence-electron chi connectivity index (χ3n) is 4.97. The molecule has 1 aliphatic carbocycles. The van der Waals surface area contributed by atoms with Crippen molar-refractivity contribution in [3.63, 3.8) is 0 Å². The molecule has 4 nitrogen and oxygen atoms in total. The molecule has 1 N–H and O–H groups in total. The first-order chi connectivity index (χ1) is 9.12. The van der Waals surface area contributed by atoms with Crippen LogP contribution in [0.25, 0.3) is 0 Å². The molecular weight excluding hydrogens is 240 g/mol. The molecule has 1 atom stereocenters. The van der Waals surface area contributed by atoms with E-state index in [1.54, 1.807) is 6.07 Å². The first-order valence-electron chi connectivity index (χ1n) is 7.13. The van der Waals surface area contributed by atoms with Crippen molar-refractivity contribution in [2.24, 2.45) is 5.41 Å². The predicted octanol–water partition coefficient (Wildman–Crippen LogP) is 4.07. The normalized spacial score (nSPS) is 24.6. The van der Waals surface area contributed by atoms with Crippen LogP contribution < -0.4 is 5.32 Å². The van der Waals surface area contributed by atoms with Crippen molar-refractivity contribution in [3.05, 3.63) is 33.9 Å². The quantitative estimate of drug-likeness (QED) is 0.644. The smallest absolute Gasteiger partial charge is 0.292 e. The molecule has 1 unspecified atom stereocenters. The number of nitro groups is 1. The van der Waals surface area contributed by atoms with Crippen LogP contribution in [-0.2, 0) is 0 Å². The van der Waals surface area contributed by atoms with Gasteiger partial charge in [-0.1, -0.05) is 38.3 Å². The van der Waals surface area contributed by atoms with E-state index in [0.29, 0.717) is 11.3 Å². The van der Waals surface area contributed by atoms with Gasteiger partial charge in [-0.15, -0.1) is 0 Å². The summed E-state index contributed by atoms with van der Waals surface area (Å²) in [5.74, 6) is 0.419. The van der Waals surface area contributed by atoms with E-state index in [0.717, 1.165) is 17.8 Å². The SMILES string of the molecule is CC1(C2CNc3c2cccc3[N+](=O)[O-])CCCCC1. The van der Waals surface area contributed by atoms with Gasteiger partial charge in [0.15, 0.2) is 0 Å². The number of hydrogen-bond acceptors (Lipinski definition) is 3. The van der Waals surface area contributed by atoms with E-state index in [9.17, 15) is 10.1 Å². The molecule has 1 heterocycles. The van der Waals surface area contributed by atoms with Crippen LogP contribution in [0.4, 0.5) is 11.4 Å². The summed E-state index contributed by atoms with van der Waals surface area (Å²) in [6.45, 7) is 3.20. The second-order valence-corrected chi connectivity index (χ2v) is 6.15. The summed E-state index contributed by atoms with van der Waals surface area (Å²) < 4.78 is 0. The van der Waals surface area contributed by atoms with E-state index in [2.05, 4.69) is 18.3 Å². The molecule has 0 amide bonds. The van der Waals surface area contributed by atoms with Gasteiger partial charge >= 0.3 is 0 Å². The van der Waals surface area contributed by atoms with Crippen LogP contribution in [0, 0.1) is 15.5 Å². The molecule has 3 rings (SSSR count). The highest BCUT2D eigenvalue weighted by Crippen LogP contribution is 2.52. The predicted molar refractivity (Wildman–Crippen MR) is 75.5 cm³/mol. The number of fused-ring (bicyclic) bond motifs is 1. The molecular formula is C15H20N2O2. The minimum absolute atomic E-state index is 0.222. The Kier molecular flexibility index (Phi) is 2.96. The van der Waals surface area contributed by atoms with Crippen molar-refractivity contribution >= 4 is 11.4 Å². The summed E-state index contributed by atoms with van der Waals surface area (Å²) in [7, 11) is 0. The zero-order valence-electron chi connectivity index (χ0n) is 11.3. The van der Waals surface area contributed by atoms with Gasteiger partial charge in [-0.25, -0.2) is 0 Å². The van der Waals surface area contributed by atoms with Crippen LogP contribution in [0.5, 0.6) is 0 Å². The van der Waals surface area contributed by atoms with Gasteiger partial charge in [-0.3, -0.25) is 10.1 Å². The molecule has 1 fully saturated rings. The Morgan fingerprint density at radius 1 is 1.32 bits per heavy atom. The van der Waals surface area contributed by atoms with Crippen molar-refractivity contribution in [2.45, 2.75) is 44.9 Å². The minimum Gasteiger partial charge on any atom is -0.379 e. The lowest BCUT2D eigenvalue weighted by molar-refractivity contribution is -0.383. The lowest BCUT2D eigenvalue weighted by Gasteiger charge is -2.39. The molecule has 19 heavy (non-hydrogen) atoms. The number of nitro benzene ring substituents is 1. The van der Waals surface area contributed by atoms with Crippen molar-refractivity contribution in [3.8, 4) is 0 Å². The van der Waals surface area contributed by atoms with E-state index in [1.807, 2.05) is 6.07 Å². The molecule has 102 valence electrons. The molecule has 0 bridgehead atoms. The molecule has 1 aromatic carbocycles. The van der Waals surface area contributed by atoms with Crippen LogP contribution in [0.15, 0.2) is 18.2 Å². The summed E-state index contributed by atoms with van der Waals surface area (Å²) >= 11 is 0. The number of anilines is 1. The number of rotatable bonds is 2. The number of benzene rings is 1. The largest absolute Gasteiger partial charge is 0.379 e. The molecule has 0 spiro atoms. The Balaban J connectivity index is 1.98.